The van der Waals surface area contributed by atoms with Crippen molar-refractivity contribution in [1.29, 1.82) is 0 Å². The minimum Gasteiger partial charge on any atom is -0.276 e. The molecule has 0 unspecified atom stereocenters. The van der Waals surface area contributed by atoms with E-state index in [-0.39, 0.29) is 0 Å². The Kier molecular flexibility index (Phi) is 1.23. The third-order valence-electron chi connectivity index (χ3n) is 0.625. The first-order valence-corrected chi connectivity index (χ1v) is 1.99. The molecule has 0 saturated heterocycles. The Hall–Kier alpha value is -1.39. The lowest BCUT2D eigenvalue weighted by Crippen LogP contribution is -2.28. The van der Waals surface area contributed by atoms with Crippen molar-refractivity contribution in [2.75, 3.05) is 0 Å². The Labute approximate surface area is 45.6 Å². The highest BCUT2D eigenvalue weighted by atomic mass is 16.1. The van der Waals surface area contributed by atoms with Crippen molar-refractivity contribution in [2.45, 2.75) is 0 Å². The van der Waals surface area contributed by atoms with Gasteiger partial charge in [0.1, 0.15) is 0 Å². The summed E-state index contributed by atoms with van der Waals surface area (Å²) in [7, 11) is 0. The van der Waals surface area contributed by atoms with E-state index in [2.05, 4.69) is 15.9 Å². The molecule has 0 spiro atoms. The zero-order chi connectivity index (χ0) is 5.82. The van der Waals surface area contributed by atoms with Crippen LogP contribution in [-0.4, -0.2) is 11.4 Å². The molecule has 8 heavy (non-hydrogen) atoms. The van der Waals surface area contributed by atoms with Gasteiger partial charge in [-0.3, -0.25) is 4.79 Å². The first-order chi connectivity index (χ1) is 3.93. The molecule has 5 heteroatoms. The molecule has 1 N–H and O–H groups in total. The second kappa shape index (κ2) is 2.06. The molecule has 0 fully saturated rings. The van der Waals surface area contributed by atoms with Gasteiger partial charge in [0.2, 0.25) is 6.41 Å². The lowest BCUT2D eigenvalue weighted by atomic mass is 10.8. The highest BCUT2D eigenvalue weighted by molar-refractivity contribution is 5.47. The Balaban J connectivity index is 2.51. The summed E-state index contributed by atoms with van der Waals surface area (Å²) in [5.41, 5.74) is 2.31. The van der Waals surface area contributed by atoms with E-state index in [1.54, 1.807) is 0 Å². The molecule has 1 amide bonds. The summed E-state index contributed by atoms with van der Waals surface area (Å²) in [5, 5.41) is 7.87. The second-order valence-electron chi connectivity index (χ2n) is 1.13. The van der Waals surface area contributed by atoms with E-state index in [1.807, 2.05) is 0 Å². The lowest BCUT2D eigenvalue weighted by molar-refractivity contribution is -0.118. The summed E-state index contributed by atoms with van der Waals surface area (Å²) >= 11 is 0. The van der Waals surface area contributed by atoms with Crippen molar-refractivity contribution in [3.8, 4) is 0 Å². The van der Waals surface area contributed by atoms with Crippen molar-refractivity contribution in [2.24, 2.45) is 10.3 Å². The van der Waals surface area contributed by atoms with Crippen molar-refractivity contribution in [1.82, 2.24) is 10.5 Å². The number of hydrogen-bond donors (Lipinski definition) is 1. The second-order valence-corrected chi connectivity index (χ2v) is 1.13. The van der Waals surface area contributed by atoms with Gasteiger partial charge in [0.15, 0.2) is 0 Å². The van der Waals surface area contributed by atoms with Gasteiger partial charge >= 0.3 is 0 Å². The van der Waals surface area contributed by atoms with Crippen molar-refractivity contribution in [3.05, 3.63) is 12.4 Å². The molecule has 1 rings (SSSR count). The Morgan fingerprint density at radius 1 is 1.75 bits per heavy atom. The predicted octanol–water partition coefficient (Wildman–Crippen LogP) is -0.199. The number of hydrogen-bond acceptors (Lipinski definition) is 4. The van der Waals surface area contributed by atoms with Gasteiger partial charge in [-0.2, -0.15) is 5.53 Å². The van der Waals surface area contributed by atoms with E-state index >= 15 is 0 Å². The van der Waals surface area contributed by atoms with Crippen LogP contribution in [0.5, 0.6) is 0 Å². The average molecular weight is 112 g/mol. The Bertz CT molecular complexity index is 140. The number of carbonyl (C=O) groups excluding carboxylic acids is 1. The zero-order valence-electron chi connectivity index (χ0n) is 3.98. The molecule has 0 saturated carbocycles. The van der Waals surface area contributed by atoms with Gasteiger partial charge in [-0.05, 0) is 0 Å². The first kappa shape index (κ1) is 4.76. The van der Waals surface area contributed by atoms with Gasteiger partial charge < -0.3 is 0 Å². The topological polar surface area (TPSA) is 57.1 Å². The molecule has 5 nitrogen and oxygen atoms in total. The average Bonchev–Trinajstić information content (AvgIpc) is 1.90. The summed E-state index contributed by atoms with van der Waals surface area (Å²) in [6.07, 6.45) is 3.46. The van der Waals surface area contributed by atoms with Crippen molar-refractivity contribution >= 4 is 6.41 Å². The Morgan fingerprint density at radius 3 is 3.00 bits per heavy atom. The monoisotopic (exact) mass is 112 g/mol. The standard InChI is InChI=1S/C3H4N4O/c8-3-7-2-1-4-5-6-7/h1-3H,(H,4,6). The molecule has 0 radical (unpaired) electrons. The number of hydrazine groups is 1. The maximum atomic E-state index is 9.87. The normalized spacial score (nSPS) is 15.8. The minimum absolute atomic E-state index is 0.592. The maximum absolute atomic E-state index is 9.87. The SMILES string of the molecule is O=CN1C=CN=NN1. The fourth-order valence-corrected chi connectivity index (χ4v) is 0.304. The van der Waals surface area contributed by atoms with Crippen LogP contribution in [0.1, 0.15) is 0 Å². The van der Waals surface area contributed by atoms with Gasteiger partial charge in [-0.25, -0.2) is 5.01 Å². The number of amides is 1. The molecule has 0 aliphatic carbocycles. The van der Waals surface area contributed by atoms with E-state index in [1.165, 1.54) is 12.4 Å². The van der Waals surface area contributed by atoms with Crippen LogP contribution in [0.2, 0.25) is 0 Å². The quantitative estimate of drug-likeness (QED) is 0.477. The molecule has 0 aromatic carbocycles. The van der Waals surface area contributed by atoms with E-state index < -0.39 is 0 Å². The molecule has 1 aliphatic heterocycles. The van der Waals surface area contributed by atoms with E-state index in [9.17, 15) is 4.79 Å². The van der Waals surface area contributed by atoms with Crippen LogP contribution in [-0.2, 0) is 4.79 Å². The van der Waals surface area contributed by atoms with Crippen LogP contribution in [0.15, 0.2) is 22.7 Å². The van der Waals surface area contributed by atoms with E-state index in [0.29, 0.717) is 6.41 Å². The molecular weight excluding hydrogens is 108 g/mol. The van der Waals surface area contributed by atoms with Crippen molar-refractivity contribution in [3.63, 3.8) is 0 Å². The van der Waals surface area contributed by atoms with Crippen LogP contribution in [0, 0.1) is 0 Å². The third-order valence-corrected chi connectivity index (χ3v) is 0.625. The largest absolute Gasteiger partial charge is 0.276 e. The molecule has 0 aromatic rings. The molecule has 1 heterocycles. The van der Waals surface area contributed by atoms with Crippen LogP contribution in [0.4, 0.5) is 0 Å². The van der Waals surface area contributed by atoms with Crippen LogP contribution in [0.25, 0.3) is 0 Å². The zero-order valence-corrected chi connectivity index (χ0v) is 3.98. The molecule has 0 bridgehead atoms. The van der Waals surface area contributed by atoms with Gasteiger partial charge in [-0.15, -0.1) is 5.11 Å². The number of nitrogens with zero attached hydrogens (tertiary/aromatic N) is 3. The molecule has 42 valence electrons. The third kappa shape index (κ3) is 0.810. The summed E-state index contributed by atoms with van der Waals surface area (Å²) in [5.74, 6) is 0. The molecule has 1 aliphatic rings. The van der Waals surface area contributed by atoms with Crippen LogP contribution < -0.4 is 5.53 Å². The molecular formula is C3H4N4O. The molecule has 0 aromatic heterocycles. The summed E-state index contributed by atoms with van der Waals surface area (Å²) in [4.78, 5) is 9.87. The highest BCUT2D eigenvalue weighted by Crippen LogP contribution is 1.87. The minimum atomic E-state index is 0.592. The Morgan fingerprint density at radius 2 is 2.62 bits per heavy atom. The van der Waals surface area contributed by atoms with E-state index in [4.69, 9.17) is 0 Å². The smallest absolute Gasteiger partial charge is 0.233 e. The number of nitrogens with one attached hydrogen (secondary N) is 1. The van der Waals surface area contributed by atoms with Crippen molar-refractivity contribution < 1.29 is 4.79 Å². The van der Waals surface area contributed by atoms with Gasteiger partial charge in [-0.1, -0.05) is 5.22 Å². The van der Waals surface area contributed by atoms with Gasteiger partial charge in [0, 0.05) is 0 Å². The number of rotatable bonds is 1. The fraction of sp³-hybridized carbons (Fsp3) is 0. The summed E-state index contributed by atoms with van der Waals surface area (Å²) in [6, 6.07) is 0. The predicted molar refractivity (Wildman–Crippen MR) is 25.0 cm³/mol. The van der Waals surface area contributed by atoms with Crippen LogP contribution in [0.3, 0.4) is 0 Å². The summed E-state index contributed by atoms with van der Waals surface area (Å²) in [6.45, 7) is 0. The summed E-state index contributed by atoms with van der Waals surface area (Å²) < 4.78 is 0. The maximum Gasteiger partial charge on any atom is 0.233 e. The number of carbonyl (C=O) groups is 1. The van der Waals surface area contributed by atoms with Crippen LogP contribution >= 0.6 is 0 Å². The lowest BCUT2D eigenvalue weighted by Gasteiger charge is -2.09. The fourth-order valence-electron chi connectivity index (χ4n) is 0.304. The van der Waals surface area contributed by atoms with Gasteiger partial charge in [0.05, 0.1) is 12.4 Å². The van der Waals surface area contributed by atoms with E-state index in [0.717, 1.165) is 5.01 Å². The van der Waals surface area contributed by atoms with Gasteiger partial charge in [0.25, 0.3) is 0 Å². The first-order valence-electron chi connectivity index (χ1n) is 1.99. The molecule has 0 atom stereocenters. The highest BCUT2D eigenvalue weighted by Gasteiger charge is 1.92.